The summed E-state index contributed by atoms with van der Waals surface area (Å²) in [5, 5.41) is 2.99. The molecule has 2 aromatic carbocycles. The second-order valence-corrected chi connectivity index (χ2v) is 6.26. The van der Waals surface area contributed by atoms with Crippen molar-refractivity contribution in [3.63, 3.8) is 0 Å². The molecule has 0 spiro atoms. The molecule has 0 aliphatic carbocycles. The van der Waals surface area contributed by atoms with Gasteiger partial charge in [0.05, 0.1) is 6.42 Å². The van der Waals surface area contributed by atoms with E-state index in [9.17, 15) is 9.59 Å². The molecule has 2 aromatic rings. The van der Waals surface area contributed by atoms with Crippen molar-refractivity contribution in [1.82, 2.24) is 16.2 Å². The highest BCUT2D eigenvalue weighted by Gasteiger charge is 2.08. The van der Waals surface area contributed by atoms with Crippen molar-refractivity contribution in [2.45, 2.75) is 13.3 Å². The summed E-state index contributed by atoms with van der Waals surface area (Å²) in [6.45, 7) is 1.61. The van der Waals surface area contributed by atoms with E-state index in [2.05, 4.69) is 16.2 Å². The molecule has 0 unspecified atom stereocenters. The molecule has 2 rings (SSSR count). The fourth-order valence-electron chi connectivity index (χ4n) is 2.06. The molecular formula is C18H18ClN3O3S. The van der Waals surface area contributed by atoms with Gasteiger partial charge in [0.15, 0.2) is 11.7 Å². The van der Waals surface area contributed by atoms with E-state index in [1.807, 2.05) is 37.3 Å². The number of carbonyl (C=O) groups excluding carboxylic acids is 2. The number of ether oxygens (including phenoxy) is 1. The molecule has 0 heterocycles. The van der Waals surface area contributed by atoms with Crippen LogP contribution >= 0.6 is 23.8 Å². The van der Waals surface area contributed by atoms with Crippen LogP contribution in [0.3, 0.4) is 0 Å². The molecule has 0 atom stereocenters. The first-order valence-electron chi connectivity index (χ1n) is 7.75. The van der Waals surface area contributed by atoms with Crippen LogP contribution in [0.25, 0.3) is 0 Å². The van der Waals surface area contributed by atoms with E-state index in [0.717, 1.165) is 11.1 Å². The first-order valence-corrected chi connectivity index (χ1v) is 8.54. The number of hydrogen-bond acceptors (Lipinski definition) is 4. The number of aryl methyl sites for hydroxylation is 1. The van der Waals surface area contributed by atoms with Gasteiger partial charge in [0.1, 0.15) is 5.75 Å². The van der Waals surface area contributed by atoms with Gasteiger partial charge in [0.25, 0.3) is 5.91 Å². The zero-order valence-corrected chi connectivity index (χ0v) is 15.6. The summed E-state index contributed by atoms with van der Waals surface area (Å²) in [5.74, 6) is -0.172. The van der Waals surface area contributed by atoms with Crippen molar-refractivity contribution in [2.75, 3.05) is 6.61 Å². The first-order chi connectivity index (χ1) is 12.4. The lowest BCUT2D eigenvalue weighted by molar-refractivity contribution is -0.122. The Balaban J connectivity index is 1.70. The van der Waals surface area contributed by atoms with E-state index in [1.54, 1.807) is 18.2 Å². The quantitative estimate of drug-likeness (QED) is 0.538. The molecule has 0 aliphatic rings. The van der Waals surface area contributed by atoms with Gasteiger partial charge in [-0.05, 0) is 48.5 Å². The van der Waals surface area contributed by atoms with Gasteiger partial charge >= 0.3 is 0 Å². The third-order valence-corrected chi connectivity index (χ3v) is 3.71. The maximum Gasteiger partial charge on any atom is 0.264 e. The standard InChI is InChI=1S/C18H18ClN3O3S/c1-12-9-14(19)7-8-15(12)25-11-17(24)20-18(26)22-21-16(23)10-13-5-3-2-4-6-13/h2-9H,10-11H2,1H3,(H,21,23)(H2,20,22,24,26). The van der Waals surface area contributed by atoms with E-state index in [-0.39, 0.29) is 24.0 Å². The van der Waals surface area contributed by atoms with Crippen molar-refractivity contribution in [3.8, 4) is 5.75 Å². The number of halogens is 1. The van der Waals surface area contributed by atoms with Gasteiger partial charge in [0.2, 0.25) is 5.91 Å². The van der Waals surface area contributed by atoms with Crippen LogP contribution in [-0.2, 0) is 16.0 Å². The monoisotopic (exact) mass is 391 g/mol. The summed E-state index contributed by atoms with van der Waals surface area (Å²) in [6.07, 6.45) is 0.198. The Morgan fingerprint density at radius 3 is 2.50 bits per heavy atom. The molecule has 3 N–H and O–H groups in total. The van der Waals surface area contributed by atoms with Crippen LogP contribution in [0.2, 0.25) is 5.02 Å². The molecular weight excluding hydrogens is 374 g/mol. The fourth-order valence-corrected chi connectivity index (χ4v) is 2.46. The molecule has 0 aliphatic heterocycles. The lowest BCUT2D eigenvalue weighted by Gasteiger charge is -2.12. The first kappa shape index (κ1) is 19.7. The summed E-state index contributed by atoms with van der Waals surface area (Å²) in [4.78, 5) is 23.6. The number of hydrazine groups is 1. The molecule has 2 amide bonds. The third kappa shape index (κ3) is 6.70. The van der Waals surface area contributed by atoms with Crippen molar-refractivity contribution >= 4 is 40.7 Å². The molecule has 0 bridgehead atoms. The predicted octanol–water partition coefficient (Wildman–Crippen LogP) is 2.29. The van der Waals surface area contributed by atoms with Gasteiger partial charge in [-0.2, -0.15) is 0 Å². The number of thiocarbonyl (C=S) groups is 1. The molecule has 0 aromatic heterocycles. The zero-order valence-electron chi connectivity index (χ0n) is 14.0. The molecule has 0 radical (unpaired) electrons. The van der Waals surface area contributed by atoms with Crippen LogP contribution in [0.15, 0.2) is 48.5 Å². The summed E-state index contributed by atoms with van der Waals surface area (Å²) in [7, 11) is 0. The highest BCUT2D eigenvalue weighted by molar-refractivity contribution is 7.80. The lowest BCUT2D eigenvalue weighted by Crippen LogP contribution is -2.49. The van der Waals surface area contributed by atoms with Crippen LogP contribution in [-0.4, -0.2) is 23.5 Å². The number of rotatable bonds is 5. The molecule has 6 nitrogen and oxygen atoms in total. The second-order valence-electron chi connectivity index (χ2n) is 5.41. The molecule has 0 fully saturated rings. The van der Waals surface area contributed by atoms with Gasteiger partial charge in [-0.15, -0.1) is 0 Å². The average molecular weight is 392 g/mol. The smallest absolute Gasteiger partial charge is 0.264 e. The van der Waals surface area contributed by atoms with Crippen LogP contribution in [0.1, 0.15) is 11.1 Å². The number of nitrogens with one attached hydrogen (secondary N) is 3. The Labute approximate surface area is 161 Å². The number of benzene rings is 2. The number of carbonyl (C=O) groups is 2. The number of hydrogen-bond donors (Lipinski definition) is 3. The summed E-state index contributed by atoms with van der Waals surface area (Å²) < 4.78 is 5.41. The number of amides is 2. The second kappa shape index (κ2) is 9.74. The minimum absolute atomic E-state index is 0.0205. The Kier molecular flexibility index (Phi) is 7.37. The van der Waals surface area contributed by atoms with Gasteiger partial charge in [-0.1, -0.05) is 41.9 Å². The van der Waals surface area contributed by atoms with Crippen molar-refractivity contribution < 1.29 is 14.3 Å². The minimum atomic E-state index is -0.450. The zero-order chi connectivity index (χ0) is 18.9. The Morgan fingerprint density at radius 2 is 1.81 bits per heavy atom. The Hall–Kier alpha value is -2.64. The van der Waals surface area contributed by atoms with E-state index in [0.29, 0.717) is 10.8 Å². The molecule has 26 heavy (non-hydrogen) atoms. The van der Waals surface area contributed by atoms with Crippen LogP contribution in [0.4, 0.5) is 0 Å². The van der Waals surface area contributed by atoms with Gasteiger partial charge < -0.3 is 4.74 Å². The van der Waals surface area contributed by atoms with Gasteiger partial charge in [-0.25, -0.2) is 0 Å². The minimum Gasteiger partial charge on any atom is -0.483 e. The maximum absolute atomic E-state index is 11.8. The topological polar surface area (TPSA) is 79.5 Å². The van der Waals surface area contributed by atoms with Gasteiger partial charge in [0, 0.05) is 5.02 Å². The largest absolute Gasteiger partial charge is 0.483 e. The maximum atomic E-state index is 11.8. The molecule has 0 saturated carbocycles. The summed E-state index contributed by atoms with van der Waals surface area (Å²) in [5.41, 5.74) is 6.59. The molecule has 8 heteroatoms. The van der Waals surface area contributed by atoms with E-state index >= 15 is 0 Å². The SMILES string of the molecule is Cc1cc(Cl)ccc1OCC(=O)NC(=S)NNC(=O)Cc1ccccc1. The van der Waals surface area contributed by atoms with E-state index in [1.165, 1.54) is 0 Å². The predicted molar refractivity (Wildman–Crippen MR) is 104 cm³/mol. The van der Waals surface area contributed by atoms with Crippen molar-refractivity contribution in [3.05, 3.63) is 64.7 Å². The third-order valence-electron chi connectivity index (χ3n) is 3.27. The van der Waals surface area contributed by atoms with E-state index in [4.69, 9.17) is 28.6 Å². The lowest BCUT2D eigenvalue weighted by atomic mass is 10.1. The van der Waals surface area contributed by atoms with Crippen molar-refractivity contribution in [1.29, 1.82) is 0 Å². The van der Waals surface area contributed by atoms with Crippen molar-refractivity contribution in [2.24, 2.45) is 0 Å². The summed E-state index contributed by atoms with van der Waals surface area (Å²) in [6, 6.07) is 14.4. The Bertz CT molecular complexity index is 800. The highest BCUT2D eigenvalue weighted by atomic mass is 35.5. The fraction of sp³-hybridized carbons (Fsp3) is 0.167. The highest BCUT2D eigenvalue weighted by Crippen LogP contribution is 2.21. The van der Waals surface area contributed by atoms with Gasteiger partial charge in [-0.3, -0.25) is 25.8 Å². The molecule has 0 saturated heterocycles. The van der Waals surface area contributed by atoms with Crippen LogP contribution in [0.5, 0.6) is 5.75 Å². The van der Waals surface area contributed by atoms with E-state index < -0.39 is 5.91 Å². The normalized spacial score (nSPS) is 9.92. The van der Waals surface area contributed by atoms with Crippen LogP contribution < -0.4 is 20.9 Å². The average Bonchev–Trinajstić information content (AvgIpc) is 2.60. The Morgan fingerprint density at radius 1 is 1.08 bits per heavy atom. The molecule has 136 valence electrons. The summed E-state index contributed by atoms with van der Waals surface area (Å²) >= 11 is 10.8. The van der Waals surface area contributed by atoms with Crippen LogP contribution in [0, 0.1) is 6.92 Å².